The smallest absolute Gasteiger partial charge is 0.310 e. The molecule has 1 aromatic carbocycles. The highest BCUT2D eigenvalue weighted by atomic mass is 79.9. The van der Waals surface area contributed by atoms with E-state index in [1.807, 2.05) is 12.1 Å². The molecule has 4 heteroatoms. The molecule has 0 aliphatic rings. The summed E-state index contributed by atoms with van der Waals surface area (Å²) < 4.78 is 0.869. The summed E-state index contributed by atoms with van der Waals surface area (Å²) in [6.45, 7) is 1.67. The fourth-order valence-corrected chi connectivity index (χ4v) is 1.98. The van der Waals surface area contributed by atoms with Crippen molar-refractivity contribution >= 4 is 21.9 Å². The van der Waals surface area contributed by atoms with Gasteiger partial charge in [0, 0.05) is 4.47 Å². The summed E-state index contributed by atoms with van der Waals surface area (Å²) in [6, 6.07) is 7.28. The average molecular weight is 287 g/mol. The SMILES string of the molecule is CC(O)CCC(C(=O)O)c1cccc(Br)c1. The van der Waals surface area contributed by atoms with Gasteiger partial charge in [-0.2, -0.15) is 0 Å². The molecule has 1 aromatic rings. The number of carboxylic acids is 1. The maximum atomic E-state index is 11.1. The Balaban J connectivity index is 2.81. The molecule has 0 amide bonds. The van der Waals surface area contributed by atoms with Crippen LogP contribution in [0.25, 0.3) is 0 Å². The molecular formula is C12H15BrO3. The molecule has 0 bridgehead atoms. The standard InChI is InChI=1S/C12H15BrO3/c1-8(14)5-6-11(12(15)16)9-3-2-4-10(13)7-9/h2-4,7-8,11,14H,5-6H2,1H3,(H,15,16). The second-order valence-corrected chi connectivity index (χ2v) is 4.79. The number of carbonyl (C=O) groups is 1. The number of carboxylic acid groups (broad SMARTS) is 1. The van der Waals surface area contributed by atoms with Crippen LogP contribution in [-0.2, 0) is 4.79 Å². The largest absolute Gasteiger partial charge is 0.481 e. The van der Waals surface area contributed by atoms with E-state index in [1.165, 1.54) is 0 Å². The molecular weight excluding hydrogens is 272 g/mol. The fourth-order valence-electron chi connectivity index (χ4n) is 1.56. The van der Waals surface area contributed by atoms with Gasteiger partial charge in [0.1, 0.15) is 0 Å². The minimum atomic E-state index is -0.848. The molecule has 2 N–H and O–H groups in total. The zero-order valence-corrected chi connectivity index (χ0v) is 10.6. The summed E-state index contributed by atoms with van der Waals surface area (Å²) in [7, 11) is 0. The Labute approximate surface area is 103 Å². The molecule has 2 unspecified atom stereocenters. The first kappa shape index (κ1) is 13.2. The maximum Gasteiger partial charge on any atom is 0.310 e. The number of aliphatic hydroxyl groups is 1. The fraction of sp³-hybridized carbons (Fsp3) is 0.417. The van der Waals surface area contributed by atoms with Crippen molar-refractivity contribution in [3.63, 3.8) is 0 Å². The summed E-state index contributed by atoms with van der Waals surface area (Å²) in [4.78, 5) is 11.1. The van der Waals surface area contributed by atoms with Gasteiger partial charge in [-0.15, -0.1) is 0 Å². The van der Waals surface area contributed by atoms with Gasteiger partial charge in [0.25, 0.3) is 0 Å². The van der Waals surface area contributed by atoms with Crippen molar-refractivity contribution in [2.45, 2.75) is 31.8 Å². The zero-order valence-electron chi connectivity index (χ0n) is 9.06. The molecule has 0 fully saturated rings. The van der Waals surface area contributed by atoms with Crippen molar-refractivity contribution in [1.29, 1.82) is 0 Å². The lowest BCUT2D eigenvalue weighted by atomic mass is 9.93. The molecule has 2 atom stereocenters. The number of halogens is 1. The van der Waals surface area contributed by atoms with Gasteiger partial charge in [-0.3, -0.25) is 4.79 Å². The topological polar surface area (TPSA) is 57.5 Å². The number of benzene rings is 1. The van der Waals surface area contributed by atoms with Crippen LogP contribution in [0.5, 0.6) is 0 Å². The molecule has 0 aromatic heterocycles. The van der Waals surface area contributed by atoms with E-state index >= 15 is 0 Å². The van der Waals surface area contributed by atoms with Crippen molar-refractivity contribution in [2.24, 2.45) is 0 Å². The van der Waals surface area contributed by atoms with Crippen molar-refractivity contribution < 1.29 is 15.0 Å². The third-order valence-electron chi connectivity index (χ3n) is 2.42. The van der Waals surface area contributed by atoms with Crippen LogP contribution < -0.4 is 0 Å². The molecule has 0 spiro atoms. The molecule has 0 aliphatic carbocycles. The van der Waals surface area contributed by atoms with E-state index in [-0.39, 0.29) is 0 Å². The van der Waals surface area contributed by atoms with Crippen LogP contribution in [0.15, 0.2) is 28.7 Å². The summed E-state index contributed by atoms with van der Waals surface area (Å²) in [5.74, 6) is -1.40. The van der Waals surface area contributed by atoms with E-state index in [1.54, 1.807) is 19.1 Å². The van der Waals surface area contributed by atoms with E-state index in [9.17, 15) is 9.90 Å². The Morgan fingerprint density at radius 3 is 2.62 bits per heavy atom. The summed E-state index contributed by atoms with van der Waals surface area (Å²) in [6.07, 6.45) is 0.474. The van der Waals surface area contributed by atoms with Crippen LogP contribution in [0.1, 0.15) is 31.2 Å². The summed E-state index contributed by atoms with van der Waals surface area (Å²) in [5.41, 5.74) is 0.766. The lowest BCUT2D eigenvalue weighted by Crippen LogP contribution is -2.14. The Morgan fingerprint density at radius 2 is 2.12 bits per heavy atom. The Bertz CT molecular complexity index is 363. The zero-order chi connectivity index (χ0) is 12.1. The van der Waals surface area contributed by atoms with Crippen molar-refractivity contribution in [3.05, 3.63) is 34.3 Å². The lowest BCUT2D eigenvalue weighted by molar-refractivity contribution is -0.139. The molecule has 0 radical (unpaired) electrons. The van der Waals surface area contributed by atoms with Gasteiger partial charge in [0.15, 0.2) is 0 Å². The summed E-state index contributed by atoms with van der Waals surface area (Å²) >= 11 is 3.32. The molecule has 0 saturated heterocycles. The first-order chi connectivity index (χ1) is 7.50. The van der Waals surface area contributed by atoms with Gasteiger partial charge in [-0.25, -0.2) is 0 Å². The molecule has 0 heterocycles. The Morgan fingerprint density at radius 1 is 1.44 bits per heavy atom. The second kappa shape index (κ2) is 6.01. The molecule has 0 aliphatic heterocycles. The highest BCUT2D eigenvalue weighted by molar-refractivity contribution is 9.10. The Hall–Kier alpha value is -0.870. The van der Waals surface area contributed by atoms with Crippen molar-refractivity contribution in [1.82, 2.24) is 0 Å². The van der Waals surface area contributed by atoms with Gasteiger partial charge in [0.05, 0.1) is 12.0 Å². The Kier molecular flexibility index (Phi) is 4.96. The van der Waals surface area contributed by atoms with Gasteiger partial charge in [-0.05, 0) is 37.5 Å². The van der Waals surface area contributed by atoms with Crippen molar-refractivity contribution in [3.8, 4) is 0 Å². The summed E-state index contributed by atoms with van der Waals surface area (Å²) in [5, 5.41) is 18.3. The normalized spacial score (nSPS) is 14.4. The number of hydrogen-bond donors (Lipinski definition) is 2. The highest BCUT2D eigenvalue weighted by Crippen LogP contribution is 2.25. The monoisotopic (exact) mass is 286 g/mol. The van der Waals surface area contributed by atoms with Crippen LogP contribution >= 0.6 is 15.9 Å². The molecule has 88 valence electrons. The van der Waals surface area contributed by atoms with Crippen LogP contribution in [0, 0.1) is 0 Å². The highest BCUT2D eigenvalue weighted by Gasteiger charge is 2.20. The number of aliphatic hydroxyl groups excluding tert-OH is 1. The minimum Gasteiger partial charge on any atom is -0.481 e. The van der Waals surface area contributed by atoms with E-state index in [2.05, 4.69) is 15.9 Å². The average Bonchev–Trinajstić information content (AvgIpc) is 2.17. The van der Waals surface area contributed by atoms with E-state index in [4.69, 9.17) is 5.11 Å². The molecule has 0 saturated carbocycles. The van der Waals surface area contributed by atoms with Crippen LogP contribution in [0.2, 0.25) is 0 Å². The van der Waals surface area contributed by atoms with E-state index in [0.717, 1.165) is 10.0 Å². The predicted octanol–water partition coefficient (Wildman–Crippen LogP) is 2.78. The van der Waals surface area contributed by atoms with Gasteiger partial charge in [-0.1, -0.05) is 28.1 Å². The number of aliphatic carboxylic acids is 1. The third-order valence-corrected chi connectivity index (χ3v) is 2.92. The van der Waals surface area contributed by atoms with E-state index in [0.29, 0.717) is 12.8 Å². The van der Waals surface area contributed by atoms with Crippen molar-refractivity contribution in [2.75, 3.05) is 0 Å². The van der Waals surface area contributed by atoms with Crippen LogP contribution in [0.4, 0.5) is 0 Å². The van der Waals surface area contributed by atoms with E-state index < -0.39 is 18.0 Å². The first-order valence-corrected chi connectivity index (χ1v) is 5.96. The second-order valence-electron chi connectivity index (χ2n) is 3.87. The van der Waals surface area contributed by atoms with Gasteiger partial charge >= 0.3 is 5.97 Å². The third kappa shape index (κ3) is 3.94. The quantitative estimate of drug-likeness (QED) is 0.875. The number of rotatable bonds is 5. The number of hydrogen-bond acceptors (Lipinski definition) is 2. The van der Waals surface area contributed by atoms with Gasteiger partial charge in [0.2, 0.25) is 0 Å². The maximum absolute atomic E-state index is 11.1. The minimum absolute atomic E-state index is 0.448. The van der Waals surface area contributed by atoms with Crippen LogP contribution in [0.3, 0.4) is 0 Å². The van der Waals surface area contributed by atoms with Gasteiger partial charge < -0.3 is 10.2 Å². The van der Waals surface area contributed by atoms with Crippen LogP contribution in [-0.4, -0.2) is 22.3 Å². The molecule has 1 rings (SSSR count). The molecule has 3 nitrogen and oxygen atoms in total. The first-order valence-electron chi connectivity index (χ1n) is 5.17. The predicted molar refractivity (Wildman–Crippen MR) is 65.4 cm³/mol. The lowest BCUT2D eigenvalue weighted by Gasteiger charge is -2.14. The molecule has 16 heavy (non-hydrogen) atoms.